The van der Waals surface area contributed by atoms with Gasteiger partial charge in [0.1, 0.15) is 0 Å². The van der Waals surface area contributed by atoms with Gasteiger partial charge in [-0.1, -0.05) is 17.7 Å². The molecule has 0 unspecified atom stereocenters. The molecule has 0 bridgehead atoms. The number of benzene rings is 1. The maximum atomic E-state index is 2.35. The van der Waals surface area contributed by atoms with Crippen molar-refractivity contribution in [3.63, 3.8) is 0 Å². The second-order valence-corrected chi connectivity index (χ2v) is 3.41. The summed E-state index contributed by atoms with van der Waals surface area (Å²) >= 11 is 2.35. The van der Waals surface area contributed by atoms with Crippen molar-refractivity contribution in [1.82, 2.24) is 0 Å². The summed E-state index contributed by atoms with van der Waals surface area (Å²) in [4.78, 5) is 0. The van der Waals surface area contributed by atoms with E-state index in [0.29, 0.717) is 0 Å². The molecule has 0 fully saturated rings. The Morgan fingerprint density at radius 2 is 1.80 bits per heavy atom. The monoisotopic (exact) mass is 258 g/mol. The van der Waals surface area contributed by atoms with E-state index in [1.165, 1.54) is 14.7 Å². The van der Waals surface area contributed by atoms with Crippen LogP contribution in [0, 0.1) is 17.4 Å². The van der Waals surface area contributed by atoms with Crippen LogP contribution >= 0.6 is 22.6 Å². The van der Waals surface area contributed by atoms with Gasteiger partial charge in [0.25, 0.3) is 0 Å². The lowest BCUT2D eigenvalue weighted by molar-refractivity contribution is 1.36. The summed E-state index contributed by atoms with van der Waals surface area (Å²) in [5, 5.41) is 0. The minimum Gasteiger partial charge on any atom is -0.0590 e. The number of hydrogen-bond acceptors (Lipinski definition) is 0. The summed E-state index contributed by atoms with van der Waals surface area (Å²) in [7, 11) is 0. The van der Waals surface area contributed by atoms with E-state index in [0.717, 1.165) is 0 Å². The molecule has 0 heterocycles. The van der Waals surface area contributed by atoms with Crippen molar-refractivity contribution in [1.29, 1.82) is 0 Å². The van der Waals surface area contributed by atoms with Crippen LogP contribution in [0.2, 0.25) is 0 Å². The van der Waals surface area contributed by atoms with Gasteiger partial charge in [-0.2, -0.15) is 0 Å². The molecule has 0 saturated carbocycles. The van der Waals surface area contributed by atoms with E-state index in [-0.39, 0.29) is 23.1 Å². The molecule has 1 aromatic carbocycles. The van der Waals surface area contributed by atoms with Crippen molar-refractivity contribution < 1.29 is 0 Å². The Balaban J connectivity index is 0.000000810. The summed E-state index contributed by atoms with van der Waals surface area (Å²) in [6.07, 6.45) is 0. The quantitative estimate of drug-likeness (QED) is 0.493. The molecule has 1 rings (SSSR count). The Morgan fingerprint density at radius 1 is 1.20 bits per heavy atom. The molecular formula is C8H11IMg. The van der Waals surface area contributed by atoms with Gasteiger partial charge >= 0.3 is 23.1 Å². The van der Waals surface area contributed by atoms with Crippen LogP contribution in [0.5, 0.6) is 0 Å². The fourth-order valence-corrected chi connectivity index (χ4v) is 1.37. The number of aryl methyl sites for hydroxylation is 2. The third-order valence-electron chi connectivity index (χ3n) is 1.33. The van der Waals surface area contributed by atoms with E-state index in [2.05, 4.69) is 54.6 Å². The van der Waals surface area contributed by atoms with Gasteiger partial charge in [0.15, 0.2) is 0 Å². The molecule has 10 heavy (non-hydrogen) atoms. The first-order valence-electron chi connectivity index (χ1n) is 2.93. The molecule has 0 radical (unpaired) electrons. The maximum absolute atomic E-state index is 2.35. The molecule has 52 valence electrons. The Bertz CT molecular complexity index is 220. The summed E-state index contributed by atoms with van der Waals surface area (Å²) in [5.41, 5.74) is 2.70. The smallest absolute Gasteiger partial charge is 0.0590 e. The normalized spacial score (nSPS) is 8.70. The highest BCUT2D eigenvalue weighted by Crippen LogP contribution is 2.11. The maximum Gasteiger partial charge on any atom is 0.316 e. The van der Waals surface area contributed by atoms with Crippen LogP contribution < -0.4 is 0 Å². The molecule has 0 aliphatic rings. The van der Waals surface area contributed by atoms with Gasteiger partial charge in [0.2, 0.25) is 0 Å². The van der Waals surface area contributed by atoms with Crippen LogP contribution in [0.25, 0.3) is 0 Å². The number of hydrogen-bond donors (Lipinski definition) is 0. The average Bonchev–Trinajstić information content (AvgIpc) is 1.80. The highest BCUT2D eigenvalue weighted by Gasteiger charge is 1.90. The first-order valence-corrected chi connectivity index (χ1v) is 4.01. The zero-order valence-corrected chi connectivity index (χ0v) is 7.77. The lowest BCUT2D eigenvalue weighted by Crippen LogP contribution is -1.79. The van der Waals surface area contributed by atoms with Gasteiger partial charge in [-0.3, -0.25) is 0 Å². The molecule has 0 aliphatic heterocycles. The molecule has 0 N–H and O–H groups in total. The fraction of sp³-hybridized carbons (Fsp3) is 0.250. The number of rotatable bonds is 0. The minimum absolute atomic E-state index is 0. The number of halogens is 1. The minimum atomic E-state index is 0. The van der Waals surface area contributed by atoms with Crippen molar-refractivity contribution in [2.75, 3.05) is 0 Å². The largest absolute Gasteiger partial charge is 0.316 e. The van der Waals surface area contributed by atoms with E-state index in [4.69, 9.17) is 0 Å². The zero-order valence-electron chi connectivity index (χ0n) is 5.61. The Morgan fingerprint density at radius 3 is 2.20 bits per heavy atom. The topological polar surface area (TPSA) is 0 Å². The van der Waals surface area contributed by atoms with Crippen LogP contribution in [0.15, 0.2) is 18.2 Å². The molecule has 0 atom stereocenters. The predicted octanol–water partition coefficient (Wildman–Crippen LogP) is 1.99. The van der Waals surface area contributed by atoms with E-state index in [1.807, 2.05) is 0 Å². The van der Waals surface area contributed by atoms with Gasteiger partial charge in [-0.05, 0) is 48.1 Å². The molecule has 0 nitrogen and oxygen atoms in total. The first-order chi connectivity index (χ1) is 4.20. The van der Waals surface area contributed by atoms with Crippen LogP contribution in [-0.4, -0.2) is 23.1 Å². The van der Waals surface area contributed by atoms with Gasteiger partial charge in [0.05, 0.1) is 0 Å². The Hall–Kier alpha value is 0.716. The molecule has 0 saturated heterocycles. The second kappa shape index (κ2) is 4.56. The van der Waals surface area contributed by atoms with E-state index in [9.17, 15) is 0 Å². The lowest BCUT2D eigenvalue weighted by Gasteiger charge is -1.96. The third kappa shape index (κ3) is 2.76. The molecule has 1 aromatic rings. The van der Waals surface area contributed by atoms with Crippen molar-refractivity contribution in [2.24, 2.45) is 0 Å². The summed E-state index contributed by atoms with van der Waals surface area (Å²) < 4.78 is 1.35. The Labute approximate surface area is 91.7 Å². The molecule has 0 spiro atoms. The van der Waals surface area contributed by atoms with Crippen LogP contribution in [0.1, 0.15) is 11.1 Å². The highest BCUT2D eigenvalue weighted by atomic mass is 127. The molecule has 0 amide bonds. The fourth-order valence-electron chi connectivity index (χ4n) is 0.698. The lowest BCUT2D eigenvalue weighted by atomic mass is 10.2. The molecular weight excluding hydrogens is 247 g/mol. The average molecular weight is 258 g/mol. The van der Waals surface area contributed by atoms with Crippen LogP contribution in [0.3, 0.4) is 0 Å². The van der Waals surface area contributed by atoms with Crippen LogP contribution in [0.4, 0.5) is 0 Å². The summed E-state index contributed by atoms with van der Waals surface area (Å²) in [6, 6.07) is 6.48. The van der Waals surface area contributed by atoms with Gasteiger partial charge in [0, 0.05) is 3.57 Å². The summed E-state index contributed by atoms with van der Waals surface area (Å²) in [6.45, 7) is 4.24. The predicted molar refractivity (Wildman–Crippen MR) is 57.2 cm³/mol. The standard InChI is InChI=1S/C8H9I.Mg.2H/c1-6-3-4-7(2)8(9)5-6;;;/h3-5H,1-2H3;;;. The highest BCUT2D eigenvalue weighted by molar-refractivity contribution is 14.1. The molecule has 0 aromatic heterocycles. The SMILES string of the molecule is Cc1ccc(C)c(I)c1.[MgH2]. The first kappa shape index (κ1) is 10.7. The van der Waals surface area contributed by atoms with E-state index < -0.39 is 0 Å². The van der Waals surface area contributed by atoms with Gasteiger partial charge < -0.3 is 0 Å². The summed E-state index contributed by atoms with van der Waals surface area (Å²) in [5.74, 6) is 0. The van der Waals surface area contributed by atoms with E-state index >= 15 is 0 Å². The van der Waals surface area contributed by atoms with Gasteiger partial charge in [-0.15, -0.1) is 0 Å². The third-order valence-corrected chi connectivity index (χ3v) is 2.49. The van der Waals surface area contributed by atoms with Crippen molar-refractivity contribution >= 4 is 45.6 Å². The van der Waals surface area contributed by atoms with Gasteiger partial charge in [-0.25, -0.2) is 0 Å². The Kier molecular flexibility index (Phi) is 4.89. The zero-order chi connectivity index (χ0) is 6.85. The van der Waals surface area contributed by atoms with Crippen molar-refractivity contribution in [3.05, 3.63) is 32.9 Å². The molecule has 0 aliphatic carbocycles. The van der Waals surface area contributed by atoms with Crippen LogP contribution in [-0.2, 0) is 0 Å². The van der Waals surface area contributed by atoms with Crippen molar-refractivity contribution in [3.8, 4) is 0 Å². The second-order valence-electron chi connectivity index (χ2n) is 2.25. The van der Waals surface area contributed by atoms with Crippen molar-refractivity contribution in [2.45, 2.75) is 13.8 Å². The molecule has 2 heteroatoms. The van der Waals surface area contributed by atoms with E-state index in [1.54, 1.807) is 0 Å².